The van der Waals surface area contributed by atoms with Gasteiger partial charge in [0.2, 0.25) is 32.5 Å². The summed E-state index contributed by atoms with van der Waals surface area (Å²) in [5.74, 6) is -2.20. The van der Waals surface area contributed by atoms with Crippen molar-refractivity contribution in [2.45, 2.75) is 12.1 Å². The number of carbonyl (C=O) groups excluding carboxylic acids is 2. The molecule has 69 heavy (non-hydrogen) atoms. The molecule has 4 aromatic carbocycles. The van der Waals surface area contributed by atoms with E-state index < -0.39 is 38.2 Å². The summed E-state index contributed by atoms with van der Waals surface area (Å²) >= 11 is 0. The molecule has 0 radical (unpaired) electrons. The number of carbonyl (C=O) groups is 2. The molecule has 21 heteroatoms. The van der Waals surface area contributed by atoms with E-state index in [1.54, 1.807) is 0 Å². The fourth-order valence-electron chi connectivity index (χ4n) is 7.17. The fraction of sp³-hybridized carbons (Fsp3) is 0.292. The number of methoxy groups -OCH3 is 2. The van der Waals surface area contributed by atoms with Gasteiger partial charge in [-0.1, -0.05) is 6.92 Å². The normalized spacial score (nSPS) is 14.1. The van der Waals surface area contributed by atoms with E-state index in [0.717, 1.165) is 93.8 Å². The number of anilines is 7. The number of ether oxygens (including phenoxy) is 2. The zero-order valence-corrected chi connectivity index (χ0v) is 39.8. The van der Waals surface area contributed by atoms with Crippen LogP contribution in [-0.4, -0.2) is 136 Å². The molecule has 0 unspecified atom stereocenters. The molecular weight excluding hydrogens is 911 g/mol. The van der Waals surface area contributed by atoms with Gasteiger partial charge >= 0.3 is 0 Å². The summed E-state index contributed by atoms with van der Waals surface area (Å²) in [5.41, 5.74) is 21.4. The molecular formula is C48H56F2N12O6S. The van der Waals surface area contributed by atoms with Crippen LogP contribution in [0.15, 0.2) is 102 Å². The van der Waals surface area contributed by atoms with Gasteiger partial charge in [0.25, 0.3) is 0 Å². The predicted molar refractivity (Wildman–Crippen MR) is 263 cm³/mol. The lowest BCUT2D eigenvalue weighted by Gasteiger charge is -2.34. The number of nitrogens with one attached hydrogen (secondary N) is 1. The van der Waals surface area contributed by atoms with Crippen LogP contribution in [0.5, 0.6) is 11.5 Å². The Morgan fingerprint density at radius 1 is 0.623 bits per heavy atom. The van der Waals surface area contributed by atoms with Crippen molar-refractivity contribution in [3.63, 3.8) is 0 Å². The van der Waals surface area contributed by atoms with E-state index in [1.165, 1.54) is 51.2 Å². The van der Waals surface area contributed by atoms with Crippen molar-refractivity contribution in [3.8, 4) is 11.5 Å². The SMILES string of the molecule is CCS(=O)(=O)c1ncc(C(=O)c2cc(F)ccc2OC)c(N)n1.CN1CCN(c2ccc(N)cc2)CC1.COc1ccc(F)cc1C(=O)c1cnc(Nc2ccc(N3CCN(C)CC3)cc2)nc1N. The Labute approximate surface area is 400 Å². The molecule has 7 N–H and O–H groups in total. The second kappa shape index (κ2) is 23.0. The third-order valence-corrected chi connectivity index (χ3v) is 12.8. The van der Waals surface area contributed by atoms with Crippen molar-refractivity contribution in [1.29, 1.82) is 0 Å². The predicted octanol–water partition coefficient (Wildman–Crippen LogP) is 5.18. The van der Waals surface area contributed by atoms with Gasteiger partial charge in [0.1, 0.15) is 34.8 Å². The Kier molecular flexibility index (Phi) is 17.0. The minimum atomic E-state index is -3.65. The lowest BCUT2D eigenvalue weighted by molar-refractivity contribution is 0.102. The number of halogens is 2. The molecule has 0 saturated carbocycles. The van der Waals surface area contributed by atoms with Gasteiger partial charge in [-0.15, -0.1) is 0 Å². The molecule has 6 aromatic rings. The molecule has 0 amide bonds. The largest absolute Gasteiger partial charge is 0.496 e. The van der Waals surface area contributed by atoms with Crippen LogP contribution in [0.4, 0.5) is 49.1 Å². The Morgan fingerprint density at radius 2 is 1.06 bits per heavy atom. The minimum absolute atomic E-state index is 0.00660. The van der Waals surface area contributed by atoms with Gasteiger partial charge in [-0.25, -0.2) is 32.2 Å². The molecule has 2 aliphatic heterocycles. The van der Waals surface area contributed by atoms with Crippen LogP contribution in [0.25, 0.3) is 0 Å². The highest BCUT2D eigenvalue weighted by atomic mass is 32.2. The van der Waals surface area contributed by atoms with Gasteiger partial charge in [0, 0.05) is 87.5 Å². The summed E-state index contributed by atoms with van der Waals surface area (Å²) in [7, 11) is 3.39. The second-order valence-corrected chi connectivity index (χ2v) is 18.2. The molecule has 364 valence electrons. The molecule has 2 fully saturated rings. The van der Waals surface area contributed by atoms with Crippen molar-refractivity contribution in [2.24, 2.45) is 0 Å². The summed E-state index contributed by atoms with van der Waals surface area (Å²) in [6.07, 6.45) is 2.34. The number of nitrogens with two attached hydrogens (primary N) is 3. The van der Waals surface area contributed by atoms with Gasteiger partial charge in [-0.05, 0) is 99.0 Å². The number of sulfone groups is 1. The van der Waals surface area contributed by atoms with Crippen molar-refractivity contribution in [3.05, 3.63) is 131 Å². The number of hydrogen-bond donors (Lipinski definition) is 4. The van der Waals surface area contributed by atoms with Gasteiger partial charge in [0.15, 0.2) is 0 Å². The molecule has 2 saturated heterocycles. The number of ketones is 2. The van der Waals surface area contributed by atoms with E-state index in [1.807, 2.05) is 36.4 Å². The molecule has 8 rings (SSSR count). The summed E-state index contributed by atoms with van der Waals surface area (Å²) in [6, 6.07) is 23.3. The lowest BCUT2D eigenvalue weighted by atomic mass is 10.0. The molecule has 18 nitrogen and oxygen atoms in total. The van der Waals surface area contributed by atoms with Crippen molar-refractivity contribution < 1.29 is 36.3 Å². The van der Waals surface area contributed by atoms with Gasteiger partial charge in [0.05, 0.1) is 42.2 Å². The zero-order chi connectivity index (χ0) is 49.8. The van der Waals surface area contributed by atoms with Gasteiger partial charge < -0.3 is 51.6 Å². The molecule has 0 spiro atoms. The highest BCUT2D eigenvalue weighted by molar-refractivity contribution is 7.91. The number of nitrogen functional groups attached to an aromatic ring is 3. The average Bonchev–Trinajstić information content (AvgIpc) is 3.35. The first-order valence-electron chi connectivity index (χ1n) is 21.8. The number of nitrogens with zero attached hydrogens (tertiary/aromatic N) is 8. The number of piperazine rings is 2. The Morgan fingerprint density at radius 3 is 1.48 bits per heavy atom. The maximum absolute atomic E-state index is 13.6. The minimum Gasteiger partial charge on any atom is -0.496 e. The first kappa shape index (κ1) is 50.9. The van der Waals surface area contributed by atoms with Gasteiger partial charge in [-0.2, -0.15) is 4.98 Å². The standard InChI is InChI=1S/C23H25FN6O2.C14H14FN3O4S.C11H17N3/c1-29-9-11-30(12-10-29)17-6-4-16(5-7-17)27-23-26-14-19(22(25)28-23)21(31)18-13-15(24)3-8-20(18)32-2;1-3-23(20,21)14-17-7-10(13(16)18-14)12(19)9-6-8(15)4-5-11(9)22-2;1-13-6-8-14(9-7-13)11-4-2-10(12)3-5-11/h3-8,13-14H,9-12H2,1-2H3,(H3,25,26,27,28);4-7H,3H2,1-2H3,(H2,16,17,18);2-5H,6-9,12H2,1H3. The van der Waals surface area contributed by atoms with Crippen LogP contribution in [-0.2, 0) is 9.84 Å². The number of benzene rings is 4. The number of hydrogen-bond acceptors (Lipinski definition) is 18. The summed E-state index contributed by atoms with van der Waals surface area (Å²) in [6.45, 7) is 10.0. The first-order chi connectivity index (χ1) is 33.0. The number of likely N-dealkylation sites (N-methyl/N-ethyl adjacent to an activating group) is 2. The Balaban J connectivity index is 0.000000184. The lowest BCUT2D eigenvalue weighted by Crippen LogP contribution is -2.44. The maximum Gasteiger partial charge on any atom is 0.249 e. The highest BCUT2D eigenvalue weighted by Crippen LogP contribution is 2.27. The monoisotopic (exact) mass is 966 g/mol. The van der Waals surface area contributed by atoms with Crippen molar-refractivity contribution in [2.75, 3.05) is 119 Å². The van der Waals surface area contributed by atoms with Gasteiger partial charge in [-0.3, -0.25) is 9.59 Å². The Bertz CT molecular complexity index is 2840. The van der Waals surface area contributed by atoms with E-state index in [0.29, 0.717) is 0 Å². The van der Waals surface area contributed by atoms with Crippen LogP contribution in [0.2, 0.25) is 0 Å². The first-order valence-corrected chi connectivity index (χ1v) is 23.5. The third kappa shape index (κ3) is 13.2. The smallest absolute Gasteiger partial charge is 0.249 e. The van der Waals surface area contributed by atoms with E-state index in [9.17, 15) is 26.8 Å². The van der Waals surface area contributed by atoms with Crippen LogP contribution < -0.4 is 41.8 Å². The van der Waals surface area contributed by atoms with Crippen molar-refractivity contribution >= 4 is 61.7 Å². The van der Waals surface area contributed by atoms with Crippen LogP contribution in [0.1, 0.15) is 38.8 Å². The fourth-order valence-corrected chi connectivity index (χ4v) is 7.88. The van der Waals surface area contributed by atoms with Crippen LogP contribution in [0, 0.1) is 11.6 Å². The second-order valence-electron chi connectivity index (χ2n) is 16.0. The van der Waals surface area contributed by atoms with E-state index in [2.05, 4.69) is 71.1 Å². The summed E-state index contributed by atoms with van der Waals surface area (Å²) in [4.78, 5) is 50.5. The molecule has 2 aromatic heterocycles. The van der Waals surface area contributed by atoms with Crippen LogP contribution >= 0.6 is 0 Å². The van der Waals surface area contributed by atoms with Crippen LogP contribution in [0.3, 0.4) is 0 Å². The molecule has 0 aliphatic carbocycles. The molecule has 0 bridgehead atoms. The maximum atomic E-state index is 13.6. The number of rotatable bonds is 12. The summed E-state index contributed by atoms with van der Waals surface area (Å²) < 4.78 is 60.6. The number of aromatic nitrogens is 4. The average molecular weight is 967 g/mol. The van der Waals surface area contributed by atoms with Crippen molar-refractivity contribution in [1.82, 2.24) is 29.7 Å². The highest BCUT2D eigenvalue weighted by Gasteiger charge is 2.24. The topological polar surface area (TPSA) is 241 Å². The third-order valence-electron chi connectivity index (χ3n) is 11.3. The molecule has 4 heterocycles. The van der Waals surface area contributed by atoms with E-state index in [4.69, 9.17) is 26.7 Å². The quantitative estimate of drug-likeness (QED) is 0.0701. The Hall–Kier alpha value is -7.49. The van der Waals surface area contributed by atoms with E-state index in [-0.39, 0.29) is 57.1 Å². The molecule has 0 atom stereocenters. The summed E-state index contributed by atoms with van der Waals surface area (Å²) in [5, 5.41) is 2.64. The zero-order valence-electron chi connectivity index (χ0n) is 39.0. The molecule has 2 aliphatic rings. The van der Waals surface area contributed by atoms with E-state index >= 15 is 0 Å².